The summed E-state index contributed by atoms with van der Waals surface area (Å²) in [6, 6.07) is -0.188. The van der Waals surface area contributed by atoms with Gasteiger partial charge in [-0.2, -0.15) is 0 Å². The van der Waals surface area contributed by atoms with Gasteiger partial charge >= 0.3 is 12.0 Å². The van der Waals surface area contributed by atoms with Gasteiger partial charge in [-0.05, 0) is 6.92 Å². The zero-order valence-corrected chi connectivity index (χ0v) is 11.3. The summed E-state index contributed by atoms with van der Waals surface area (Å²) in [5.41, 5.74) is -0.559. The minimum absolute atomic E-state index is 0.188. The van der Waals surface area contributed by atoms with E-state index in [1.165, 1.54) is 11.3 Å². The molecule has 1 fully saturated rings. The minimum Gasteiger partial charge on any atom is -0.480 e. The molecule has 0 aromatic carbocycles. The predicted molar refractivity (Wildman–Crippen MR) is 67.9 cm³/mol. The first-order valence-corrected chi connectivity index (χ1v) is 6.63. The summed E-state index contributed by atoms with van der Waals surface area (Å²) in [6.07, 6.45) is 1.69. The van der Waals surface area contributed by atoms with Gasteiger partial charge in [0.2, 0.25) is 0 Å². The molecule has 0 radical (unpaired) electrons. The van der Waals surface area contributed by atoms with Gasteiger partial charge in [-0.25, -0.2) is 14.6 Å². The van der Waals surface area contributed by atoms with E-state index in [1.54, 1.807) is 18.0 Å². The van der Waals surface area contributed by atoms with Crippen molar-refractivity contribution in [3.63, 3.8) is 0 Å². The second-order valence-electron chi connectivity index (χ2n) is 4.57. The maximum Gasteiger partial charge on any atom is 0.329 e. The van der Waals surface area contributed by atoms with Crippen LogP contribution in [0, 0.1) is 0 Å². The van der Waals surface area contributed by atoms with E-state index in [9.17, 15) is 9.59 Å². The zero-order valence-electron chi connectivity index (χ0n) is 10.5. The van der Waals surface area contributed by atoms with Crippen LogP contribution in [-0.2, 0) is 16.1 Å². The van der Waals surface area contributed by atoms with Crippen molar-refractivity contribution in [2.45, 2.75) is 19.1 Å². The molecule has 1 aliphatic heterocycles. The third-order valence-electron chi connectivity index (χ3n) is 2.76. The molecule has 0 unspecified atom stereocenters. The summed E-state index contributed by atoms with van der Waals surface area (Å²) < 4.78 is 5.23. The fourth-order valence-corrected chi connectivity index (χ4v) is 2.39. The Balaban J connectivity index is 1.70. The van der Waals surface area contributed by atoms with Gasteiger partial charge in [0.15, 0.2) is 0 Å². The van der Waals surface area contributed by atoms with Crippen LogP contribution in [0.15, 0.2) is 11.6 Å². The fourth-order valence-electron chi connectivity index (χ4n) is 1.84. The average molecular weight is 285 g/mol. The van der Waals surface area contributed by atoms with Crippen LogP contribution in [0.25, 0.3) is 0 Å². The van der Waals surface area contributed by atoms with Gasteiger partial charge in [0.25, 0.3) is 0 Å². The van der Waals surface area contributed by atoms with Crippen LogP contribution in [-0.4, -0.2) is 52.3 Å². The first-order valence-electron chi connectivity index (χ1n) is 5.75. The van der Waals surface area contributed by atoms with Crippen LogP contribution < -0.4 is 5.32 Å². The number of rotatable bonds is 5. The number of carbonyl (C=O) groups excluding carboxylic acids is 1. The number of carboxylic acid groups (broad SMARTS) is 1. The molecule has 2 heterocycles. The number of aliphatic carboxylic acids is 1. The molecule has 0 spiro atoms. The van der Waals surface area contributed by atoms with Gasteiger partial charge in [0, 0.05) is 11.6 Å². The molecule has 1 saturated heterocycles. The molecule has 2 amide bonds. The van der Waals surface area contributed by atoms with Crippen molar-refractivity contribution >= 4 is 23.3 Å². The lowest BCUT2D eigenvalue weighted by Crippen LogP contribution is -2.65. The van der Waals surface area contributed by atoms with Crippen molar-refractivity contribution < 1.29 is 19.4 Å². The van der Waals surface area contributed by atoms with Gasteiger partial charge in [0.05, 0.1) is 19.6 Å². The Morgan fingerprint density at radius 3 is 2.95 bits per heavy atom. The highest BCUT2D eigenvalue weighted by Crippen LogP contribution is 2.24. The van der Waals surface area contributed by atoms with Crippen molar-refractivity contribution in [1.82, 2.24) is 15.2 Å². The van der Waals surface area contributed by atoms with Crippen LogP contribution in [0.1, 0.15) is 11.9 Å². The quantitative estimate of drug-likeness (QED) is 0.823. The number of aromatic nitrogens is 1. The molecule has 8 heteroatoms. The summed E-state index contributed by atoms with van der Waals surface area (Å²) >= 11 is 1.48. The maximum atomic E-state index is 11.8. The number of ether oxygens (including phenoxy) is 1. The number of likely N-dealkylation sites (tertiary alicyclic amines) is 1. The number of carboxylic acids is 1. The summed E-state index contributed by atoms with van der Waals surface area (Å²) in [7, 11) is 0. The topological polar surface area (TPSA) is 91.8 Å². The van der Waals surface area contributed by atoms with Crippen molar-refractivity contribution in [3.8, 4) is 0 Å². The minimum atomic E-state index is -1.01. The van der Waals surface area contributed by atoms with Crippen molar-refractivity contribution in [3.05, 3.63) is 16.6 Å². The number of hydrogen-bond acceptors (Lipinski definition) is 5. The van der Waals surface area contributed by atoms with E-state index >= 15 is 0 Å². The second-order valence-corrected chi connectivity index (χ2v) is 5.55. The molecule has 7 nitrogen and oxygen atoms in total. The summed E-state index contributed by atoms with van der Waals surface area (Å²) in [5.74, 6) is -1.01. The van der Waals surface area contributed by atoms with Crippen molar-refractivity contribution in [2.24, 2.45) is 0 Å². The Morgan fingerprint density at radius 1 is 1.63 bits per heavy atom. The highest BCUT2D eigenvalue weighted by Gasteiger charge is 2.42. The van der Waals surface area contributed by atoms with Crippen LogP contribution in [0.3, 0.4) is 0 Å². The van der Waals surface area contributed by atoms with E-state index in [4.69, 9.17) is 9.84 Å². The van der Waals surface area contributed by atoms with Crippen LogP contribution in [0.2, 0.25) is 0 Å². The molecule has 1 aliphatic rings. The Labute approximate surface area is 114 Å². The standard InChI is InChI=1S/C11H15N3O4S/c1-11(18-5-9(15)16)6-14(7-11)10(17)13-4-8-12-2-3-19-8/h2-3H,4-7H2,1H3,(H,13,17)(H,15,16). The molecule has 1 aromatic rings. The summed E-state index contributed by atoms with van der Waals surface area (Å²) in [6.45, 7) is 2.64. The Kier molecular flexibility index (Phi) is 4.01. The third-order valence-corrected chi connectivity index (χ3v) is 3.54. The monoisotopic (exact) mass is 285 g/mol. The lowest BCUT2D eigenvalue weighted by atomic mass is 9.97. The molecule has 19 heavy (non-hydrogen) atoms. The largest absolute Gasteiger partial charge is 0.480 e. The molecule has 1 aromatic heterocycles. The zero-order chi connectivity index (χ0) is 13.9. The molecular formula is C11H15N3O4S. The number of carbonyl (C=O) groups is 2. The molecule has 0 atom stereocenters. The first-order chi connectivity index (χ1) is 8.98. The van der Waals surface area contributed by atoms with E-state index in [1.807, 2.05) is 5.38 Å². The molecule has 0 aliphatic carbocycles. The van der Waals surface area contributed by atoms with Gasteiger partial charge < -0.3 is 20.1 Å². The molecular weight excluding hydrogens is 270 g/mol. The van der Waals surface area contributed by atoms with Crippen molar-refractivity contribution in [2.75, 3.05) is 19.7 Å². The SMILES string of the molecule is CC1(OCC(=O)O)CN(C(=O)NCc2nccs2)C1. The maximum absolute atomic E-state index is 11.8. The molecule has 0 saturated carbocycles. The number of hydrogen-bond donors (Lipinski definition) is 2. The van der Waals surface area contributed by atoms with E-state index < -0.39 is 11.6 Å². The predicted octanol–water partition coefficient (Wildman–Crippen LogP) is 0.528. The summed E-state index contributed by atoms with van der Waals surface area (Å²) in [4.78, 5) is 27.8. The third kappa shape index (κ3) is 3.65. The number of urea groups is 1. The Morgan fingerprint density at radius 2 is 2.37 bits per heavy atom. The smallest absolute Gasteiger partial charge is 0.329 e. The fraction of sp³-hybridized carbons (Fsp3) is 0.545. The summed E-state index contributed by atoms with van der Waals surface area (Å²) in [5, 5.41) is 14.0. The normalized spacial score (nSPS) is 16.8. The lowest BCUT2D eigenvalue weighted by Gasteiger charge is -2.46. The van der Waals surface area contributed by atoms with Gasteiger partial charge in [-0.1, -0.05) is 0 Å². The second kappa shape index (κ2) is 5.54. The molecule has 0 bridgehead atoms. The number of nitrogens with zero attached hydrogens (tertiary/aromatic N) is 2. The molecule has 2 rings (SSSR count). The van der Waals surface area contributed by atoms with E-state index in [0.717, 1.165) is 5.01 Å². The van der Waals surface area contributed by atoms with E-state index in [2.05, 4.69) is 10.3 Å². The lowest BCUT2D eigenvalue weighted by molar-refractivity contribution is -0.159. The Bertz CT molecular complexity index is 457. The van der Waals surface area contributed by atoms with Crippen LogP contribution >= 0.6 is 11.3 Å². The van der Waals surface area contributed by atoms with E-state index in [-0.39, 0.29) is 12.6 Å². The van der Waals surface area contributed by atoms with Crippen LogP contribution in [0.5, 0.6) is 0 Å². The highest BCUT2D eigenvalue weighted by atomic mass is 32.1. The highest BCUT2D eigenvalue weighted by molar-refractivity contribution is 7.09. The number of thiazole rings is 1. The molecule has 2 N–H and O–H groups in total. The van der Waals surface area contributed by atoms with Gasteiger partial charge in [-0.3, -0.25) is 0 Å². The van der Waals surface area contributed by atoms with Crippen molar-refractivity contribution in [1.29, 1.82) is 0 Å². The van der Waals surface area contributed by atoms with Gasteiger partial charge in [-0.15, -0.1) is 11.3 Å². The van der Waals surface area contributed by atoms with Gasteiger partial charge in [0.1, 0.15) is 17.2 Å². The average Bonchev–Trinajstić information content (AvgIpc) is 2.83. The van der Waals surface area contributed by atoms with E-state index in [0.29, 0.717) is 19.6 Å². The Hall–Kier alpha value is -1.67. The number of nitrogens with one attached hydrogen (secondary N) is 1. The number of amides is 2. The van der Waals surface area contributed by atoms with Crippen LogP contribution in [0.4, 0.5) is 4.79 Å². The molecule has 104 valence electrons. The first kappa shape index (κ1) is 13.8.